The number of amidine groups is 1. The molecule has 94 valence electrons. The molecule has 2 N–H and O–H groups in total. The predicted molar refractivity (Wildman–Crippen MR) is 68.0 cm³/mol. The highest BCUT2D eigenvalue weighted by atomic mass is 16.3. The molecule has 1 amide bonds. The van der Waals surface area contributed by atoms with Crippen molar-refractivity contribution in [1.29, 1.82) is 0 Å². The molecule has 5 heteroatoms. The summed E-state index contributed by atoms with van der Waals surface area (Å²) in [4.78, 5) is 17.6. The fraction of sp³-hybridized carbons (Fsp3) is 0.231. The number of hydrogen-bond acceptors (Lipinski definition) is 4. The summed E-state index contributed by atoms with van der Waals surface area (Å²) >= 11 is 0. The van der Waals surface area contributed by atoms with E-state index in [1.54, 1.807) is 37.3 Å². The van der Waals surface area contributed by atoms with Gasteiger partial charge in [0, 0.05) is 0 Å². The van der Waals surface area contributed by atoms with Crippen molar-refractivity contribution in [3.63, 3.8) is 0 Å². The highest BCUT2D eigenvalue weighted by molar-refractivity contribution is 6.13. The Labute approximate surface area is 105 Å². The molecular weight excluding hydrogens is 232 g/mol. The largest absolute Gasteiger partial charge is 0.508 e. The van der Waals surface area contributed by atoms with Gasteiger partial charge < -0.3 is 10.2 Å². The first-order valence-electron chi connectivity index (χ1n) is 5.60. The molecule has 0 aromatic heterocycles. The summed E-state index contributed by atoms with van der Waals surface area (Å²) < 4.78 is 0. The normalized spacial score (nSPS) is 17.4. The molecule has 1 aromatic carbocycles. The van der Waals surface area contributed by atoms with E-state index in [1.807, 2.05) is 0 Å². The van der Waals surface area contributed by atoms with Crippen LogP contribution in [0, 0.1) is 0 Å². The number of benzene rings is 1. The molecule has 0 saturated heterocycles. The zero-order valence-corrected chi connectivity index (χ0v) is 10.00. The first-order chi connectivity index (χ1) is 8.61. The number of carbonyl (C=O) groups is 1. The summed E-state index contributed by atoms with van der Waals surface area (Å²) in [6.07, 6.45) is 1.66. The zero-order valence-electron chi connectivity index (χ0n) is 10.00. The maximum atomic E-state index is 12.0. The van der Waals surface area contributed by atoms with E-state index in [1.165, 1.54) is 4.90 Å². The lowest BCUT2D eigenvalue weighted by Gasteiger charge is -2.13. The minimum Gasteiger partial charge on any atom is -0.508 e. The van der Waals surface area contributed by atoms with Crippen molar-refractivity contribution in [3.05, 3.63) is 35.5 Å². The Kier molecular flexibility index (Phi) is 3.43. The molecule has 1 heterocycles. The monoisotopic (exact) mass is 246 g/mol. The molecule has 1 aromatic rings. The van der Waals surface area contributed by atoms with Gasteiger partial charge in [0.15, 0.2) is 0 Å². The van der Waals surface area contributed by atoms with Gasteiger partial charge in [0.2, 0.25) is 0 Å². The summed E-state index contributed by atoms with van der Waals surface area (Å²) in [7, 11) is 0. The highest BCUT2D eigenvalue weighted by Gasteiger charge is 2.26. The van der Waals surface area contributed by atoms with E-state index >= 15 is 0 Å². The maximum absolute atomic E-state index is 12.0. The number of β-amino-alcohol motifs (C(OH)–C–C–N with tert-alkyl or cyclic N) is 1. The van der Waals surface area contributed by atoms with Crippen molar-refractivity contribution in [3.8, 4) is 5.75 Å². The van der Waals surface area contributed by atoms with Crippen LogP contribution in [0.25, 0.3) is 6.08 Å². The van der Waals surface area contributed by atoms with E-state index in [-0.39, 0.29) is 24.8 Å². The average molecular weight is 246 g/mol. The number of amides is 1. The average Bonchev–Trinajstić information content (AvgIpc) is 2.60. The van der Waals surface area contributed by atoms with Crippen molar-refractivity contribution in [1.82, 2.24) is 4.90 Å². The van der Waals surface area contributed by atoms with Gasteiger partial charge in [-0.25, -0.2) is 4.99 Å². The van der Waals surface area contributed by atoms with Crippen LogP contribution in [0.3, 0.4) is 0 Å². The molecular formula is C13H14N2O3. The molecule has 18 heavy (non-hydrogen) atoms. The number of carbonyl (C=O) groups excluding carboxylic acids is 1. The Balaban J connectivity index is 2.25. The minimum atomic E-state index is -0.213. The maximum Gasteiger partial charge on any atom is 0.277 e. The second-order valence-corrected chi connectivity index (χ2v) is 3.96. The summed E-state index contributed by atoms with van der Waals surface area (Å²) in [6.45, 7) is 1.89. The number of aromatic hydroxyl groups is 1. The molecule has 0 saturated carbocycles. The van der Waals surface area contributed by atoms with Gasteiger partial charge in [-0.05, 0) is 30.7 Å². The number of phenols is 1. The van der Waals surface area contributed by atoms with Crippen molar-refractivity contribution in [2.24, 2.45) is 4.99 Å². The zero-order chi connectivity index (χ0) is 13.1. The predicted octanol–water partition coefficient (Wildman–Crippen LogP) is 0.986. The minimum absolute atomic E-state index is 0.0922. The van der Waals surface area contributed by atoms with Gasteiger partial charge >= 0.3 is 0 Å². The van der Waals surface area contributed by atoms with E-state index in [9.17, 15) is 9.90 Å². The summed E-state index contributed by atoms with van der Waals surface area (Å²) in [5, 5.41) is 18.0. The third-order valence-corrected chi connectivity index (χ3v) is 2.66. The van der Waals surface area contributed by atoms with E-state index < -0.39 is 0 Å². The van der Waals surface area contributed by atoms with Crippen molar-refractivity contribution < 1.29 is 15.0 Å². The first-order valence-corrected chi connectivity index (χ1v) is 5.60. The van der Waals surface area contributed by atoms with E-state index in [2.05, 4.69) is 4.99 Å². The van der Waals surface area contributed by atoms with Crippen LogP contribution in [0.5, 0.6) is 5.75 Å². The fourth-order valence-electron chi connectivity index (χ4n) is 1.75. The second-order valence-electron chi connectivity index (χ2n) is 3.96. The number of nitrogens with zero attached hydrogens (tertiary/aromatic N) is 2. The number of hydrogen-bond donors (Lipinski definition) is 2. The van der Waals surface area contributed by atoms with Crippen LogP contribution in [-0.4, -0.2) is 40.0 Å². The topological polar surface area (TPSA) is 73.1 Å². The van der Waals surface area contributed by atoms with Crippen molar-refractivity contribution in [2.45, 2.75) is 6.92 Å². The number of aliphatic hydroxyl groups excluding tert-OH is 1. The first kappa shape index (κ1) is 12.3. The molecule has 5 nitrogen and oxygen atoms in total. The fourth-order valence-corrected chi connectivity index (χ4v) is 1.75. The Morgan fingerprint density at radius 2 is 2.00 bits per heavy atom. The second kappa shape index (κ2) is 5.01. The van der Waals surface area contributed by atoms with E-state index in [0.717, 1.165) is 5.56 Å². The SMILES string of the molecule is CC1=N/C(=C/c2ccc(O)cc2)C(=O)N1CCO. The summed E-state index contributed by atoms with van der Waals surface area (Å²) in [5.74, 6) is 0.546. The van der Waals surface area contributed by atoms with Crippen LogP contribution < -0.4 is 0 Å². The molecule has 0 fully saturated rings. The standard InChI is InChI=1S/C13H14N2O3/c1-9-14-12(13(18)15(9)6-7-16)8-10-2-4-11(17)5-3-10/h2-5,8,16-17H,6-7H2,1H3/b12-8+. The molecule has 0 spiro atoms. The van der Waals surface area contributed by atoms with Gasteiger partial charge in [-0.15, -0.1) is 0 Å². The Morgan fingerprint density at radius 3 is 2.61 bits per heavy atom. The van der Waals surface area contributed by atoms with E-state index in [0.29, 0.717) is 11.5 Å². The molecule has 0 bridgehead atoms. The summed E-state index contributed by atoms with van der Waals surface area (Å²) in [5.41, 5.74) is 1.13. The Morgan fingerprint density at radius 1 is 1.33 bits per heavy atom. The number of rotatable bonds is 3. The molecule has 0 atom stereocenters. The number of aliphatic imine (C=N–C) groups is 1. The third kappa shape index (κ3) is 2.41. The molecule has 1 aliphatic rings. The summed E-state index contributed by atoms with van der Waals surface area (Å²) in [6, 6.07) is 6.51. The van der Waals surface area contributed by atoms with Gasteiger partial charge in [0.25, 0.3) is 5.91 Å². The van der Waals surface area contributed by atoms with Crippen LogP contribution in [0.1, 0.15) is 12.5 Å². The number of aliphatic hydroxyl groups is 1. The lowest BCUT2D eigenvalue weighted by molar-refractivity contribution is -0.123. The van der Waals surface area contributed by atoms with Crippen molar-refractivity contribution in [2.75, 3.05) is 13.2 Å². The van der Waals surface area contributed by atoms with E-state index in [4.69, 9.17) is 5.11 Å². The quantitative estimate of drug-likeness (QED) is 0.781. The smallest absolute Gasteiger partial charge is 0.277 e. The molecule has 2 rings (SSSR count). The van der Waals surface area contributed by atoms with Crippen LogP contribution >= 0.6 is 0 Å². The molecule has 1 aliphatic heterocycles. The Hall–Kier alpha value is -2.14. The van der Waals surface area contributed by atoms with Crippen molar-refractivity contribution >= 4 is 17.8 Å². The number of phenolic OH excluding ortho intramolecular Hbond substituents is 1. The molecule has 0 unspecified atom stereocenters. The lowest BCUT2D eigenvalue weighted by Crippen LogP contribution is -2.32. The van der Waals surface area contributed by atoms with Gasteiger partial charge in [-0.2, -0.15) is 0 Å². The van der Waals surface area contributed by atoms with Gasteiger partial charge in [-0.3, -0.25) is 9.69 Å². The van der Waals surface area contributed by atoms with Crippen LogP contribution in [0.2, 0.25) is 0 Å². The van der Waals surface area contributed by atoms with Gasteiger partial charge in [-0.1, -0.05) is 12.1 Å². The van der Waals surface area contributed by atoms with Crippen LogP contribution in [0.15, 0.2) is 35.0 Å². The third-order valence-electron chi connectivity index (χ3n) is 2.66. The highest BCUT2D eigenvalue weighted by Crippen LogP contribution is 2.19. The molecule has 0 aliphatic carbocycles. The van der Waals surface area contributed by atoms with Gasteiger partial charge in [0.05, 0.1) is 13.2 Å². The Bertz CT molecular complexity index is 518. The lowest BCUT2D eigenvalue weighted by atomic mass is 10.2. The molecule has 0 radical (unpaired) electrons. The van der Waals surface area contributed by atoms with Gasteiger partial charge in [0.1, 0.15) is 17.3 Å². The van der Waals surface area contributed by atoms with Crippen LogP contribution in [0.4, 0.5) is 0 Å². The van der Waals surface area contributed by atoms with Crippen LogP contribution in [-0.2, 0) is 4.79 Å².